The number of hydrogen-bond acceptors (Lipinski definition) is 5. The molecule has 1 unspecified atom stereocenters. The molecular weight excluding hydrogens is 256 g/mol. The van der Waals surface area contributed by atoms with Crippen LogP contribution in [-0.4, -0.2) is 41.3 Å². The van der Waals surface area contributed by atoms with Gasteiger partial charge >= 0.3 is 0 Å². The highest BCUT2D eigenvalue weighted by Crippen LogP contribution is 2.21. The molecule has 0 saturated heterocycles. The van der Waals surface area contributed by atoms with Crippen molar-refractivity contribution in [3.63, 3.8) is 0 Å². The third-order valence-corrected chi connectivity index (χ3v) is 2.87. The maximum absolute atomic E-state index is 9.83. The molecule has 0 heterocycles. The normalized spacial score (nSPS) is 13.6. The SMILES string of the molecule is CC(=NO)c1cc(C)ccc1OCC(O)CNC(C)C. The van der Waals surface area contributed by atoms with Crippen LogP contribution >= 0.6 is 0 Å². The van der Waals surface area contributed by atoms with Crippen LogP contribution in [-0.2, 0) is 0 Å². The molecule has 5 heteroatoms. The summed E-state index contributed by atoms with van der Waals surface area (Å²) in [5, 5.41) is 25.1. The van der Waals surface area contributed by atoms with Crippen molar-refractivity contribution in [2.75, 3.05) is 13.2 Å². The van der Waals surface area contributed by atoms with E-state index in [1.807, 2.05) is 39.0 Å². The number of nitrogens with one attached hydrogen (secondary N) is 1. The molecular formula is C15H24N2O3. The summed E-state index contributed by atoms with van der Waals surface area (Å²) >= 11 is 0. The van der Waals surface area contributed by atoms with Gasteiger partial charge in [-0.25, -0.2) is 0 Å². The number of rotatable bonds is 7. The molecule has 1 aromatic rings. The molecule has 0 fully saturated rings. The highest BCUT2D eigenvalue weighted by molar-refractivity contribution is 6.00. The predicted octanol–water partition coefficient (Wildman–Crippen LogP) is 1.93. The van der Waals surface area contributed by atoms with Crippen LogP contribution in [0.2, 0.25) is 0 Å². The van der Waals surface area contributed by atoms with Gasteiger partial charge in [-0.15, -0.1) is 0 Å². The summed E-state index contributed by atoms with van der Waals surface area (Å²) in [7, 11) is 0. The van der Waals surface area contributed by atoms with Crippen molar-refractivity contribution in [3.8, 4) is 5.75 Å². The number of aliphatic hydroxyl groups is 1. The fourth-order valence-electron chi connectivity index (χ4n) is 1.72. The van der Waals surface area contributed by atoms with Crippen LogP contribution in [0.3, 0.4) is 0 Å². The summed E-state index contributed by atoms with van der Waals surface area (Å²) in [5.74, 6) is 0.606. The van der Waals surface area contributed by atoms with Gasteiger partial charge in [-0.3, -0.25) is 0 Å². The van der Waals surface area contributed by atoms with E-state index in [0.29, 0.717) is 24.0 Å². The molecule has 0 aliphatic carbocycles. The quantitative estimate of drug-likeness (QED) is 0.405. The first kappa shape index (κ1) is 16.5. The molecule has 112 valence electrons. The topological polar surface area (TPSA) is 74.1 Å². The van der Waals surface area contributed by atoms with E-state index in [-0.39, 0.29) is 6.61 Å². The van der Waals surface area contributed by atoms with Crippen molar-refractivity contribution in [1.29, 1.82) is 0 Å². The second-order valence-corrected chi connectivity index (χ2v) is 5.21. The Kier molecular flexibility index (Phi) is 6.48. The average molecular weight is 280 g/mol. The number of nitrogens with zero attached hydrogens (tertiary/aromatic N) is 1. The summed E-state index contributed by atoms with van der Waals surface area (Å²) in [4.78, 5) is 0. The van der Waals surface area contributed by atoms with Gasteiger partial charge in [0.15, 0.2) is 0 Å². The minimum absolute atomic E-state index is 0.189. The second kappa shape index (κ2) is 7.87. The van der Waals surface area contributed by atoms with Gasteiger partial charge in [0.05, 0.1) is 5.71 Å². The fraction of sp³-hybridized carbons (Fsp3) is 0.533. The molecule has 0 saturated carbocycles. The lowest BCUT2D eigenvalue weighted by atomic mass is 10.1. The number of oxime groups is 1. The second-order valence-electron chi connectivity index (χ2n) is 5.21. The van der Waals surface area contributed by atoms with E-state index in [9.17, 15) is 5.11 Å². The molecule has 0 spiro atoms. The standard InChI is InChI=1S/C15H24N2O3/c1-10(2)16-8-13(18)9-20-15-6-5-11(3)7-14(15)12(4)17-19/h5-7,10,13,16,18-19H,8-9H2,1-4H3. The molecule has 20 heavy (non-hydrogen) atoms. The Hall–Kier alpha value is -1.59. The van der Waals surface area contributed by atoms with Gasteiger partial charge in [0.25, 0.3) is 0 Å². The monoisotopic (exact) mass is 280 g/mol. The Morgan fingerprint density at radius 2 is 2.10 bits per heavy atom. The molecule has 0 amide bonds. The first-order valence-corrected chi connectivity index (χ1v) is 6.78. The van der Waals surface area contributed by atoms with Crippen molar-refractivity contribution in [2.45, 2.75) is 39.8 Å². The van der Waals surface area contributed by atoms with Gasteiger partial charge in [0.1, 0.15) is 18.5 Å². The van der Waals surface area contributed by atoms with E-state index in [1.54, 1.807) is 6.92 Å². The lowest BCUT2D eigenvalue weighted by molar-refractivity contribution is 0.104. The number of aryl methyl sites for hydroxylation is 1. The zero-order valence-corrected chi connectivity index (χ0v) is 12.6. The van der Waals surface area contributed by atoms with Crippen molar-refractivity contribution < 1.29 is 15.1 Å². The van der Waals surface area contributed by atoms with E-state index in [2.05, 4.69) is 10.5 Å². The number of benzene rings is 1. The van der Waals surface area contributed by atoms with Gasteiger partial charge in [0, 0.05) is 18.2 Å². The van der Waals surface area contributed by atoms with Crippen molar-refractivity contribution in [2.24, 2.45) is 5.16 Å². The first-order valence-electron chi connectivity index (χ1n) is 6.78. The molecule has 0 aliphatic rings. The molecule has 1 aromatic carbocycles. The Bertz CT molecular complexity index is 458. The number of aliphatic hydroxyl groups excluding tert-OH is 1. The van der Waals surface area contributed by atoms with E-state index >= 15 is 0 Å². The lowest BCUT2D eigenvalue weighted by Gasteiger charge is -2.16. The van der Waals surface area contributed by atoms with Gasteiger partial charge in [-0.1, -0.05) is 30.6 Å². The molecule has 1 rings (SSSR count). The molecule has 0 aromatic heterocycles. The zero-order chi connectivity index (χ0) is 15.1. The van der Waals surface area contributed by atoms with Crippen LogP contribution in [0.5, 0.6) is 5.75 Å². The Balaban J connectivity index is 2.68. The number of ether oxygens (including phenoxy) is 1. The van der Waals surface area contributed by atoms with Gasteiger partial charge in [-0.2, -0.15) is 0 Å². The molecule has 5 nitrogen and oxygen atoms in total. The Labute approximate surface area is 120 Å². The summed E-state index contributed by atoms with van der Waals surface area (Å²) in [6.45, 7) is 8.37. The molecule has 0 radical (unpaired) electrons. The summed E-state index contributed by atoms with van der Waals surface area (Å²) < 4.78 is 5.63. The molecule has 3 N–H and O–H groups in total. The van der Waals surface area contributed by atoms with Crippen molar-refractivity contribution in [3.05, 3.63) is 29.3 Å². The van der Waals surface area contributed by atoms with Gasteiger partial charge in [0.2, 0.25) is 0 Å². The van der Waals surface area contributed by atoms with Crippen molar-refractivity contribution in [1.82, 2.24) is 5.32 Å². The average Bonchev–Trinajstić information content (AvgIpc) is 2.42. The highest BCUT2D eigenvalue weighted by Gasteiger charge is 2.11. The smallest absolute Gasteiger partial charge is 0.128 e. The van der Waals surface area contributed by atoms with Gasteiger partial charge < -0.3 is 20.4 Å². The van der Waals surface area contributed by atoms with Crippen LogP contribution < -0.4 is 10.1 Å². The predicted molar refractivity (Wildman–Crippen MR) is 79.8 cm³/mol. The van der Waals surface area contributed by atoms with E-state index in [0.717, 1.165) is 11.1 Å². The van der Waals surface area contributed by atoms with Crippen LogP contribution in [0.4, 0.5) is 0 Å². The third-order valence-electron chi connectivity index (χ3n) is 2.87. The van der Waals surface area contributed by atoms with Crippen molar-refractivity contribution >= 4 is 5.71 Å². The van der Waals surface area contributed by atoms with Crippen LogP contribution in [0, 0.1) is 6.92 Å². The van der Waals surface area contributed by atoms with Gasteiger partial charge in [-0.05, 0) is 26.0 Å². The Morgan fingerprint density at radius 1 is 1.40 bits per heavy atom. The molecule has 0 aliphatic heterocycles. The largest absolute Gasteiger partial charge is 0.490 e. The van der Waals surface area contributed by atoms with E-state index < -0.39 is 6.10 Å². The lowest BCUT2D eigenvalue weighted by Crippen LogP contribution is -2.35. The van der Waals surface area contributed by atoms with Crippen LogP contribution in [0.1, 0.15) is 31.9 Å². The van der Waals surface area contributed by atoms with E-state index in [4.69, 9.17) is 9.94 Å². The molecule has 0 bridgehead atoms. The minimum atomic E-state index is -0.585. The molecule has 1 atom stereocenters. The van der Waals surface area contributed by atoms with Crippen LogP contribution in [0.25, 0.3) is 0 Å². The zero-order valence-electron chi connectivity index (χ0n) is 12.6. The van der Waals surface area contributed by atoms with Crippen LogP contribution in [0.15, 0.2) is 23.4 Å². The van der Waals surface area contributed by atoms with E-state index in [1.165, 1.54) is 0 Å². The fourth-order valence-corrected chi connectivity index (χ4v) is 1.72. The third kappa shape index (κ3) is 5.19. The maximum Gasteiger partial charge on any atom is 0.128 e. The minimum Gasteiger partial charge on any atom is -0.490 e. The summed E-state index contributed by atoms with van der Waals surface area (Å²) in [5.41, 5.74) is 2.27. The highest BCUT2D eigenvalue weighted by atomic mass is 16.5. The maximum atomic E-state index is 9.83. The summed E-state index contributed by atoms with van der Waals surface area (Å²) in [6.07, 6.45) is -0.585. The first-order chi connectivity index (χ1) is 9.43. The Morgan fingerprint density at radius 3 is 2.70 bits per heavy atom. The summed E-state index contributed by atoms with van der Waals surface area (Å²) in [6, 6.07) is 5.95. The number of hydrogen-bond donors (Lipinski definition) is 3.